The third-order valence-electron chi connectivity index (χ3n) is 5.28. The Balaban J connectivity index is 1.98. The van der Waals surface area contributed by atoms with E-state index in [1.165, 1.54) is 14.2 Å². The summed E-state index contributed by atoms with van der Waals surface area (Å²) in [6.45, 7) is 3.82. The monoisotopic (exact) mass is 501 g/mol. The predicted molar refractivity (Wildman–Crippen MR) is 127 cm³/mol. The fraction of sp³-hybridized carbons (Fsp3) is 0.400. The minimum atomic E-state index is -2.24. The minimum Gasteiger partial charge on any atom is -0.497 e. The van der Waals surface area contributed by atoms with Gasteiger partial charge >= 0.3 is 14.6 Å². The number of methoxy groups -OCH3 is 2. The van der Waals surface area contributed by atoms with Gasteiger partial charge in [-0.1, -0.05) is 44.2 Å². The van der Waals surface area contributed by atoms with Crippen LogP contribution in [0.15, 0.2) is 48.5 Å². The van der Waals surface area contributed by atoms with Crippen LogP contribution >= 0.6 is 8.60 Å². The number of cyclic esters (lactones) is 1. The van der Waals surface area contributed by atoms with Gasteiger partial charge in [-0.2, -0.15) is 5.26 Å². The van der Waals surface area contributed by atoms with Crippen molar-refractivity contribution in [2.45, 2.75) is 32.5 Å². The Morgan fingerprint density at radius 3 is 2.37 bits per heavy atom. The summed E-state index contributed by atoms with van der Waals surface area (Å²) in [5.41, 5.74) is 0.229. The summed E-state index contributed by atoms with van der Waals surface area (Å²) >= 11 is 0. The molecule has 0 aliphatic carbocycles. The zero-order valence-electron chi connectivity index (χ0n) is 20.1. The molecule has 0 amide bonds. The second-order valence-electron chi connectivity index (χ2n) is 8.41. The number of nitrogens with zero attached hydrogens (tertiary/aromatic N) is 1. The number of rotatable bonds is 12. The lowest BCUT2D eigenvalue weighted by Crippen LogP contribution is -2.32. The summed E-state index contributed by atoms with van der Waals surface area (Å²) < 4.78 is 33.7. The van der Waals surface area contributed by atoms with Crippen molar-refractivity contribution in [3.63, 3.8) is 0 Å². The molecule has 2 aromatic rings. The molecule has 2 aromatic carbocycles. The Hall–Kier alpha value is -3.02. The van der Waals surface area contributed by atoms with E-state index >= 15 is 0 Å². The number of hydrogen-bond acceptors (Lipinski definition) is 9. The first kappa shape index (κ1) is 26.6. The van der Waals surface area contributed by atoms with Crippen LogP contribution in [0, 0.1) is 16.7 Å². The first-order valence-electron chi connectivity index (χ1n) is 10.9. The molecule has 1 fully saturated rings. The second-order valence-corrected chi connectivity index (χ2v) is 9.54. The van der Waals surface area contributed by atoms with Gasteiger partial charge in [0.1, 0.15) is 11.5 Å². The first-order chi connectivity index (χ1) is 16.8. The number of Topliss-reactive ketones (excluding diaryl/α,β-unsaturated/α-hetero) is 1. The van der Waals surface area contributed by atoms with Crippen molar-refractivity contribution in [3.05, 3.63) is 59.7 Å². The highest BCUT2D eigenvalue weighted by Crippen LogP contribution is 2.50. The molecule has 10 heteroatoms. The standard InChI is InChI=1S/C25H28NO8P/c1-25(2)16-31-24(28)23(25)34-35(32-12-8-11-26)33-22(21(27)17-9-6-5-7-10-17)18-13-19(29-3)15-20(14-18)30-4/h5-7,9-10,13-15,22-23H,8,12,16H2,1-4H3/t22-,23?,35?/m1/s1. The van der Waals surface area contributed by atoms with Gasteiger partial charge in [-0.05, 0) is 17.7 Å². The predicted octanol–water partition coefficient (Wildman–Crippen LogP) is 4.77. The number of carbonyl (C=O) groups is 2. The summed E-state index contributed by atoms with van der Waals surface area (Å²) in [6.07, 6.45) is -2.05. The van der Waals surface area contributed by atoms with Crippen LogP contribution in [0.25, 0.3) is 0 Å². The molecule has 186 valence electrons. The van der Waals surface area contributed by atoms with Crippen LogP contribution in [-0.4, -0.2) is 45.3 Å². The van der Waals surface area contributed by atoms with Crippen LogP contribution in [0.4, 0.5) is 0 Å². The highest BCUT2D eigenvalue weighted by atomic mass is 31.2. The van der Waals surface area contributed by atoms with Crippen molar-refractivity contribution in [2.75, 3.05) is 27.4 Å². The molecular formula is C25H28NO8P. The Bertz CT molecular complexity index is 1050. The summed E-state index contributed by atoms with van der Waals surface area (Å²) in [5.74, 6) is 0.0352. The van der Waals surface area contributed by atoms with E-state index < -0.39 is 32.2 Å². The fourth-order valence-electron chi connectivity index (χ4n) is 3.33. The molecule has 1 aliphatic heterocycles. The summed E-state index contributed by atoms with van der Waals surface area (Å²) in [4.78, 5) is 25.9. The minimum absolute atomic E-state index is 0.00191. The molecule has 0 aromatic heterocycles. The maximum absolute atomic E-state index is 13.6. The number of ether oxygens (including phenoxy) is 3. The van der Waals surface area contributed by atoms with Crippen LogP contribution < -0.4 is 9.47 Å². The molecule has 35 heavy (non-hydrogen) atoms. The molecule has 1 saturated heterocycles. The molecule has 1 heterocycles. The third-order valence-corrected chi connectivity index (χ3v) is 6.44. The summed E-state index contributed by atoms with van der Waals surface area (Å²) in [7, 11) is 0.768. The van der Waals surface area contributed by atoms with Crippen LogP contribution in [0.5, 0.6) is 11.5 Å². The normalized spacial score (nSPS) is 18.3. The number of esters is 1. The topological polar surface area (TPSA) is 113 Å². The van der Waals surface area contributed by atoms with E-state index in [2.05, 4.69) is 0 Å². The van der Waals surface area contributed by atoms with Gasteiger partial charge in [0, 0.05) is 17.0 Å². The zero-order chi connectivity index (χ0) is 25.4. The van der Waals surface area contributed by atoms with Crippen LogP contribution in [-0.2, 0) is 23.1 Å². The maximum atomic E-state index is 13.6. The van der Waals surface area contributed by atoms with Crippen molar-refractivity contribution < 1.29 is 37.4 Å². The Morgan fingerprint density at radius 1 is 1.17 bits per heavy atom. The molecule has 0 spiro atoms. The number of ketones is 1. The van der Waals surface area contributed by atoms with Crippen molar-refractivity contribution >= 4 is 20.4 Å². The molecule has 2 unspecified atom stereocenters. The molecule has 0 N–H and O–H groups in total. The number of hydrogen-bond donors (Lipinski definition) is 0. The lowest BCUT2D eigenvalue weighted by Gasteiger charge is -2.28. The largest absolute Gasteiger partial charge is 0.497 e. The Kier molecular flexibility index (Phi) is 9.19. The molecule has 3 atom stereocenters. The van der Waals surface area contributed by atoms with E-state index in [0.29, 0.717) is 22.6 Å². The summed E-state index contributed by atoms with van der Waals surface area (Å²) in [5, 5.41) is 8.94. The highest BCUT2D eigenvalue weighted by Gasteiger charge is 2.47. The lowest BCUT2D eigenvalue weighted by atomic mass is 9.90. The lowest BCUT2D eigenvalue weighted by molar-refractivity contribution is -0.144. The van der Waals surface area contributed by atoms with Crippen molar-refractivity contribution in [2.24, 2.45) is 5.41 Å². The van der Waals surface area contributed by atoms with E-state index in [0.717, 1.165) is 0 Å². The first-order valence-corrected chi connectivity index (χ1v) is 12.0. The molecule has 0 saturated carbocycles. The van der Waals surface area contributed by atoms with E-state index in [-0.39, 0.29) is 25.4 Å². The average molecular weight is 501 g/mol. The van der Waals surface area contributed by atoms with Crippen LogP contribution in [0.2, 0.25) is 0 Å². The fourth-order valence-corrected chi connectivity index (χ4v) is 4.68. The molecular weight excluding hydrogens is 473 g/mol. The quantitative estimate of drug-likeness (QED) is 0.176. The van der Waals surface area contributed by atoms with Gasteiger partial charge in [0.2, 0.25) is 0 Å². The number of nitriles is 1. The van der Waals surface area contributed by atoms with E-state index in [4.69, 9.17) is 33.0 Å². The molecule has 1 aliphatic rings. The average Bonchev–Trinajstić information content (AvgIpc) is 3.13. The van der Waals surface area contributed by atoms with Crippen molar-refractivity contribution in [1.29, 1.82) is 5.26 Å². The molecule has 3 rings (SSSR count). The Morgan fingerprint density at radius 2 is 1.83 bits per heavy atom. The number of benzene rings is 2. The van der Waals surface area contributed by atoms with Gasteiger partial charge in [0.15, 0.2) is 18.0 Å². The second kappa shape index (κ2) is 12.1. The summed E-state index contributed by atoms with van der Waals surface area (Å²) in [6, 6.07) is 15.6. The maximum Gasteiger partial charge on any atom is 0.336 e. The van der Waals surface area contributed by atoms with Crippen LogP contribution in [0.1, 0.15) is 42.3 Å². The van der Waals surface area contributed by atoms with Gasteiger partial charge in [-0.3, -0.25) is 13.8 Å². The van der Waals surface area contributed by atoms with Crippen molar-refractivity contribution in [1.82, 2.24) is 0 Å². The molecule has 0 bridgehead atoms. The van der Waals surface area contributed by atoms with Gasteiger partial charge in [-0.15, -0.1) is 0 Å². The van der Waals surface area contributed by atoms with E-state index in [1.54, 1.807) is 48.5 Å². The van der Waals surface area contributed by atoms with Gasteiger partial charge < -0.3 is 18.7 Å². The van der Waals surface area contributed by atoms with Gasteiger partial charge in [-0.25, -0.2) is 4.79 Å². The third kappa shape index (κ3) is 6.77. The zero-order valence-corrected chi connectivity index (χ0v) is 20.9. The number of carbonyl (C=O) groups excluding carboxylic acids is 2. The molecule has 0 radical (unpaired) electrons. The van der Waals surface area contributed by atoms with Crippen molar-refractivity contribution in [3.8, 4) is 17.6 Å². The Labute approximate surface area is 205 Å². The van der Waals surface area contributed by atoms with Gasteiger partial charge in [0.25, 0.3) is 0 Å². The smallest absolute Gasteiger partial charge is 0.336 e. The SMILES string of the molecule is COc1cc(OC)cc([C@@H](OP(OCCC#N)OC2C(=O)OCC2(C)C)C(=O)c2ccccc2)c1. The molecule has 9 nitrogen and oxygen atoms in total. The van der Waals surface area contributed by atoms with Gasteiger partial charge in [0.05, 0.1) is 39.9 Å². The van der Waals surface area contributed by atoms with E-state index in [1.807, 2.05) is 19.9 Å². The highest BCUT2D eigenvalue weighted by molar-refractivity contribution is 7.41. The van der Waals surface area contributed by atoms with Crippen LogP contribution in [0.3, 0.4) is 0 Å². The van der Waals surface area contributed by atoms with E-state index in [9.17, 15) is 9.59 Å².